The fourth-order valence-corrected chi connectivity index (χ4v) is 3.87. The Hall–Kier alpha value is -3.71. The number of thiazole rings is 1. The highest BCUT2D eigenvalue weighted by molar-refractivity contribution is 7.21. The Kier molecular flexibility index (Phi) is 3.80. The van der Waals surface area contributed by atoms with Crippen molar-refractivity contribution in [1.29, 1.82) is 0 Å². The molecule has 7 heteroatoms. The molecule has 0 aliphatic rings. The molecule has 0 aliphatic carbocycles. The molecule has 0 bridgehead atoms. The predicted octanol–water partition coefficient (Wildman–Crippen LogP) is 5.09. The predicted molar refractivity (Wildman–Crippen MR) is 107 cm³/mol. The lowest BCUT2D eigenvalue weighted by atomic mass is 10.1. The van der Waals surface area contributed by atoms with Gasteiger partial charge >= 0.3 is 0 Å². The van der Waals surface area contributed by atoms with E-state index in [0.29, 0.717) is 5.89 Å². The maximum absolute atomic E-state index is 9.95. The first-order valence-corrected chi connectivity index (χ1v) is 9.31. The average molecular weight is 387 g/mol. The van der Waals surface area contributed by atoms with Crippen LogP contribution in [-0.2, 0) is 0 Å². The van der Waals surface area contributed by atoms with Gasteiger partial charge in [0, 0.05) is 11.1 Å². The first-order chi connectivity index (χ1) is 13.7. The largest absolute Gasteiger partial charge is 0.508 e. The molecule has 136 valence electrons. The summed E-state index contributed by atoms with van der Waals surface area (Å²) in [6.07, 6.45) is 0. The van der Waals surface area contributed by atoms with Crippen molar-refractivity contribution in [2.24, 2.45) is 0 Å². The molecule has 0 radical (unpaired) electrons. The number of fused-ring (bicyclic) bond motifs is 1. The molecule has 0 aliphatic heterocycles. The second-order valence-electron chi connectivity index (χ2n) is 6.18. The van der Waals surface area contributed by atoms with Gasteiger partial charge in [0.2, 0.25) is 5.89 Å². The van der Waals surface area contributed by atoms with Gasteiger partial charge in [-0.15, -0.1) is 21.5 Å². The van der Waals surface area contributed by atoms with Crippen LogP contribution in [0.3, 0.4) is 0 Å². The van der Waals surface area contributed by atoms with Gasteiger partial charge in [0.15, 0.2) is 0 Å². The van der Waals surface area contributed by atoms with Crippen LogP contribution >= 0.6 is 11.3 Å². The van der Waals surface area contributed by atoms with Crippen LogP contribution in [0.15, 0.2) is 71.1 Å². The lowest BCUT2D eigenvalue weighted by Crippen LogP contribution is -1.80. The number of aromatic hydroxyl groups is 2. The summed E-state index contributed by atoms with van der Waals surface area (Å²) in [6.45, 7) is 0. The van der Waals surface area contributed by atoms with Gasteiger partial charge in [-0.25, -0.2) is 4.98 Å². The van der Waals surface area contributed by atoms with Crippen LogP contribution in [0, 0.1) is 0 Å². The van der Waals surface area contributed by atoms with Crippen molar-refractivity contribution in [3.8, 4) is 45.0 Å². The minimum Gasteiger partial charge on any atom is -0.508 e. The Morgan fingerprint density at radius 3 is 2.36 bits per heavy atom. The highest BCUT2D eigenvalue weighted by Crippen LogP contribution is 2.34. The summed E-state index contributed by atoms with van der Waals surface area (Å²) in [6, 6.07) is 19.9. The van der Waals surface area contributed by atoms with E-state index in [1.807, 2.05) is 42.5 Å². The van der Waals surface area contributed by atoms with E-state index in [1.165, 1.54) is 18.2 Å². The standard InChI is InChI=1S/C21H13N3O3S/c25-14-9-10-17(26)15(11-14)20-24-23-19(27-20)12-5-7-13(8-6-12)21-22-16-3-1-2-4-18(16)28-21/h1-11,25-26H. The number of phenolic OH excluding ortho intramolecular Hbond substituents is 2. The van der Waals surface area contributed by atoms with Crippen molar-refractivity contribution < 1.29 is 14.6 Å². The molecule has 0 atom stereocenters. The molecular formula is C21H13N3O3S. The number of benzene rings is 3. The first-order valence-electron chi connectivity index (χ1n) is 8.49. The van der Waals surface area contributed by atoms with Crippen LogP contribution in [0.1, 0.15) is 0 Å². The van der Waals surface area contributed by atoms with Gasteiger partial charge in [-0.2, -0.15) is 0 Å². The molecule has 0 unspecified atom stereocenters. The Balaban J connectivity index is 1.46. The zero-order valence-electron chi connectivity index (χ0n) is 14.4. The van der Waals surface area contributed by atoms with Crippen molar-refractivity contribution >= 4 is 21.6 Å². The molecule has 0 amide bonds. The van der Waals surface area contributed by atoms with E-state index in [9.17, 15) is 10.2 Å². The number of rotatable bonds is 3. The fourth-order valence-electron chi connectivity index (χ4n) is 2.90. The minimum atomic E-state index is -0.0424. The molecule has 2 heterocycles. The summed E-state index contributed by atoms with van der Waals surface area (Å²) in [5.41, 5.74) is 3.03. The molecule has 28 heavy (non-hydrogen) atoms. The van der Waals surface area contributed by atoms with Crippen molar-refractivity contribution in [1.82, 2.24) is 15.2 Å². The van der Waals surface area contributed by atoms with E-state index < -0.39 is 0 Å². The number of hydrogen-bond donors (Lipinski definition) is 2. The van der Waals surface area contributed by atoms with Crippen LogP contribution in [0.2, 0.25) is 0 Å². The highest BCUT2D eigenvalue weighted by Gasteiger charge is 2.15. The number of phenols is 2. The Labute approximate surface area is 163 Å². The summed E-state index contributed by atoms with van der Waals surface area (Å²) in [7, 11) is 0. The highest BCUT2D eigenvalue weighted by atomic mass is 32.1. The molecule has 0 fully saturated rings. The third-order valence-electron chi connectivity index (χ3n) is 4.31. The average Bonchev–Trinajstić information content (AvgIpc) is 3.37. The lowest BCUT2D eigenvalue weighted by Gasteiger charge is -2.00. The Bertz CT molecular complexity index is 1260. The molecule has 5 aromatic rings. The molecule has 0 saturated carbocycles. The van der Waals surface area contributed by atoms with Gasteiger partial charge in [-0.3, -0.25) is 0 Å². The topological polar surface area (TPSA) is 92.3 Å². The maximum atomic E-state index is 9.95. The van der Waals surface area contributed by atoms with Crippen molar-refractivity contribution in [3.05, 3.63) is 66.7 Å². The molecule has 6 nitrogen and oxygen atoms in total. The van der Waals surface area contributed by atoms with Crippen LogP contribution in [0.5, 0.6) is 11.5 Å². The summed E-state index contributed by atoms with van der Waals surface area (Å²) < 4.78 is 6.83. The van der Waals surface area contributed by atoms with Crippen LogP contribution in [-0.4, -0.2) is 25.4 Å². The summed E-state index contributed by atoms with van der Waals surface area (Å²) in [5, 5.41) is 28.5. The minimum absolute atomic E-state index is 0.00716. The molecule has 0 saturated heterocycles. The number of hydrogen-bond acceptors (Lipinski definition) is 7. The van der Waals surface area contributed by atoms with E-state index in [2.05, 4.69) is 21.2 Å². The molecule has 0 spiro atoms. The number of para-hydroxylation sites is 1. The summed E-state index contributed by atoms with van der Waals surface area (Å²) in [4.78, 5) is 4.66. The second kappa shape index (κ2) is 6.47. The molecule has 2 N–H and O–H groups in total. The molecule has 2 aromatic heterocycles. The van der Waals surface area contributed by atoms with Crippen LogP contribution < -0.4 is 0 Å². The van der Waals surface area contributed by atoms with Gasteiger partial charge in [0.1, 0.15) is 16.5 Å². The van der Waals surface area contributed by atoms with Crippen LogP contribution in [0.25, 0.3) is 43.7 Å². The Morgan fingerprint density at radius 2 is 1.54 bits per heavy atom. The van der Waals surface area contributed by atoms with Gasteiger partial charge in [-0.05, 0) is 42.5 Å². The normalized spacial score (nSPS) is 11.1. The van der Waals surface area contributed by atoms with Gasteiger partial charge in [-0.1, -0.05) is 24.3 Å². The monoisotopic (exact) mass is 387 g/mol. The second-order valence-corrected chi connectivity index (χ2v) is 7.21. The summed E-state index contributed by atoms with van der Waals surface area (Å²) in [5.74, 6) is 0.430. The van der Waals surface area contributed by atoms with Crippen molar-refractivity contribution in [2.45, 2.75) is 0 Å². The molecule has 5 rings (SSSR count). The zero-order chi connectivity index (χ0) is 19.1. The van der Waals surface area contributed by atoms with Gasteiger partial charge < -0.3 is 14.6 Å². The SMILES string of the molecule is Oc1ccc(O)c(-c2nnc(-c3ccc(-c4nc5ccccc5s4)cc3)o2)c1. The van der Waals surface area contributed by atoms with Crippen molar-refractivity contribution in [2.75, 3.05) is 0 Å². The zero-order valence-corrected chi connectivity index (χ0v) is 15.2. The first kappa shape index (κ1) is 16.5. The number of aromatic nitrogens is 3. The van der Waals surface area contributed by atoms with Crippen LogP contribution in [0.4, 0.5) is 0 Å². The van der Waals surface area contributed by atoms with Gasteiger partial charge in [0.25, 0.3) is 5.89 Å². The number of nitrogens with zero attached hydrogens (tertiary/aromatic N) is 3. The fraction of sp³-hybridized carbons (Fsp3) is 0. The molecule has 3 aromatic carbocycles. The van der Waals surface area contributed by atoms with E-state index in [1.54, 1.807) is 11.3 Å². The summed E-state index contributed by atoms with van der Waals surface area (Å²) >= 11 is 1.64. The van der Waals surface area contributed by atoms with E-state index in [-0.39, 0.29) is 23.0 Å². The third kappa shape index (κ3) is 2.87. The Morgan fingerprint density at radius 1 is 0.786 bits per heavy atom. The van der Waals surface area contributed by atoms with Crippen molar-refractivity contribution in [3.63, 3.8) is 0 Å². The maximum Gasteiger partial charge on any atom is 0.252 e. The lowest BCUT2D eigenvalue weighted by molar-refractivity contribution is 0.459. The quantitative estimate of drug-likeness (QED) is 0.419. The third-order valence-corrected chi connectivity index (χ3v) is 5.39. The smallest absolute Gasteiger partial charge is 0.252 e. The van der Waals surface area contributed by atoms with E-state index in [0.717, 1.165) is 26.4 Å². The van der Waals surface area contributed by atoms with E-state index in [4.69, 9.17) is 4.42 Å². The van der Waals surface area contributed by atoms with E-state index >= 15 is 0 Å². The molecular weight excluding hydrogens is 374 g/mol. The van der Waals surface area contributed by atoms with Gasteiger partial charge in [0.05, 0.1) is 15.8 Å².